The highest BCUT2D eigenvalue weighted by Crippen LogP contribution is 2.26. The molecule has 0 radical (unpaired) electrons. The van der Waals surface area contributed by atoms with Crippen LogP contribution in [0.4, 0.5) is 0 Å². The van der Waals surface area contributed by atoms with Gasteiger partial charge in [-0.05, 0) is 44.0 Å². The fourth-order valence-corrected chi connectivity index (χ4v) is 2.75. The molecule has 0 unspecified atom stereocenters. The number of aromatic nitrogens is 2. The first-order valence-electron chi connectivity index (χ1n) is 8.65. The third-order valence-electron chi connectivity index (χ3n) is 4.27. The van der Waals surface area contributed by atoms with Gasteiger partial charge in [-0.15, -0.1) is 0 Å². The van der Waals surface area contributed by atoms with E-state index < -0.39 is 0 Å². The Hall–Kier alpha value is -2.82. The summed E-state index contributed by atoms with van der Waals surface area (Å²) in [5, 5.41) is 7.69. The molecule has 0 atom stereocenters. The number of hydrogen-bond acceptors (Lipinski definition) is 3. The maximum Gasteiger partial charge on any atom is 0.255 e. The molecule has 1 N–H and O–H groups in total. The molecule has 1 aromatic carbocycles. The minimum absolute atomic E-state index is 0.125. The van der Waals surface area contributed by atoms with E-state index in [4.69, 9.17) is 4.42 Å². The van der Waals surface area contributed by atoms with Crippen molar-refractivity contribution in [2.75, 3.05) is 0 Å². The SMILES string of the molecule is CCC(CC)NC(=O)c1cn(-c2ccccc2)nc1-c1ccc(C)o1. The lowest BCUT2D eigenvalue weighted by Gasteiger charge is -2.14. The van der Waals surface area contributed by atoms with Crippen molar-refractivity contribution in [2.24, 2.45) is 0 Å². The minimum Gasteiger partial charge on any atom is -0.460 e. The minimum atomic E-state index is -0.125. The molecule has 0 spiro atoms. The van der Waals surface area contributed by atoms with Crippen molar-refractivity contribution >= 4 is 5.91 Å². The van der Waals surface area contributed by atoms with Crippen molar-refractivity contribution in [2.45, 2.75) is 39.7 Å². The summed E-state index contributed by atoms with van der Waals surface area (Å²) >= 11 is 0. The van der Waals surface area contributed by atoms with Gasteiger partial charge in [0.1, 0.15) is 11.5 Å². The van der Waals surface area contributed by atoms with Gasteiger partial charge in [0, 0.05) is 12.2 Å². The van der Waals surface area contributed by atoms with Gasteiger partial charge in [0.2, 0.25) is 0 Å². The molecule has 0 aliphatic carbocycles. The predicted molar refractivity (Wildman–Crippen MR) is 97.8 cm³/mol. The number of carbonyl (C=O) groups is 1. The van der Waals surface area contributed by atoms with Gasteiger partial charge in [-0.25, -0.2) is 4.68 Å². The smallest absolute Gasteiger partial charge is 0.255 e. The Morgan fingerprint density at radius 2 is 1.88 bits per heavy atom. The Balaban J connectivity index is 2.03. The molecular formula is C20H23N3O2. The van der Waals surface area contributed by atoms with E-state index in [-0.39, 0.29) is 11.9 Å². The standard InChI is InChI=1S/C20H23N3O2/c1-4-15(5-2)21-20(24)17-13-23(16-9-7-6-8-10-16)22-19(17)18-12-11-14(3)25-18/h6-13,15H,4-5H2,1-3H3,(H,21,24). The van der Waals surface area contributed by atoms with E-state index in [0.29, 0.717) is 17.0 Å². The van der Waals surface area contributed by atoms with Crippen LogP contribution in [0.3, 0.4) is 0 Å². The van der Waals surface area contributed by atoms with E-state index in [9.17, 15) is 4.79 Å². The molecule has 1 amide bonds. The van der Waals surface area contributed by atoms with Gasteiger partial charge in [-0.1, -0.05) is 32.0 Å². The van der Waals surface area contributed by atoms with E-state index in [0.717, 1.165) is 24.3 Å². The number of carbonyl (C=O) groups excluding carboxylic acids is 1. The van der Waals surface area contributed by atoms with Crippen LogP contribution in [0, 0.1) is 6.92 Å². The molecule has 0 fully saturated rings. The van der Waals surface area contributed by atoms with Gasteiger partial charge in [-0.3, -0.25) is 4.79 Å². The number of amides is 1. The highest BCUT2D eigenvalue weighted by Gasteiger charge is 2.22. The maximum atomic E-state index is 12.8. The molecule has 25 heavy (non-hydrogen) atoms. The topological polar surface area (TPSA) is 60.1 Å². The van der Waals surface area contributed by atoms with Crippen LogP contribution in [-0.2, 0) is 0 Å². The monoisotopic (exact) mass is 337 g/mol. The lowest BCUT2D eigenvalue weighted by Crippen LogP contribution is -2.33. The van der Waals surface area contributed by atoms with Crippen molar-refractivity contribution in [1.29, 1.82) is 0 Å². The Morgan fingerprint density at radius 1 is 1.16 bits per heavy atom. The molecule has 3 aromatic rings. The summed E-state index contributed by atoms with van der Waals surface area (Å²) in [7, 11) is 0. The summed E-state index contributed by atoms with van der Waals surface area (Å²) in [4.78, 5) is 12.8. The molecule has 5 heteroatoms. The average molecular weight is 337 g/mol. The molecule has 0 aliphatic rings. The zero-order valence-electron chi connectivity index (χ0n) is 14.8. The van der Waals surface area contributed by atoms with E-state index >= 15 is 0 Å². The van der Waals surface area contributed by atoms with E-state index in [1.54, 1.807) is 10.9 Å². The maximum absolute atomic E-state index is 12.8. The highest BCUT2D eigenvalue weighted by molar-refractivity contribution is 5.99. The molecule has 0 bridgehead atoms. The summed E-state index contributed by atoms with van der Waals surface area (Å²) in [6.45, 7) is 6.01. The molecule has 2 heterocycles. The number of benzene rings is 1. The molecule has 0 saturated heterocycles. The van der Waals surface area contributed by atoms with Crippen molar-refractivity contribution in [3.05, 3.63) is 60.0 Å². The third kappa shape index (κ3) is 3.65. The first kappa shape index (κ1) is 17.0. The van der Waals surface area contributed by atoms with Crippen LogP contribution in [0.1, 0.15) is 42.8 Å². The van der Waals surface area contributed by atoms with Crippen molar-refractivity contribution in [3.63, 3.8) is 0 Å². The van der Waals surface area contributed by atoms with Crippen molar-refractivity contribution < 1.29 is 9.21 Å². The summed E-state index contributed by atoms with van der Waals surface area (Å²) in [5.41, 5.74) is 1.97. The highest BCUT2D eigenvalue weighted by atomic mass is 16.3. The van der Waals surface area contributed by atoms with Gasteiger partial charge >= 0.3 is 0 Å². The quantitative estimate of drug-likeness (QED) is 0.727. The first-order chi connectivity index (χ1) is 12.1. The molecular weight excluding hydrogens is 314 g/mol. The van der Waals surface area contributed by atoms with E-state index in [1.165, 1.54) is 0 Å². The predicted octanol–water partition coefficient (Wildman–Crippen LogP) is 4.36. The largest absolute Gasteiger partial charge is 0.460 e. The van der Waals surface area contributed by atoms with Crippen LogP contribution in [-0.4, -0.2) is 21.7 Å². The van der Waals surface area contributed by atoms with Crippen molar-refractivity contribution in [3.8, 4) is 17.1 Å². The van der Waals surface area contributed by atoms with Gasteiger partial charge in [0.15, 0.2) is 5.76 Å². The van der Waals surface area contributed by atoms with Crippen LogP contribution in [0.25, 0.3) is 17.1 Å². The first-order valence-corrected chi connectivity index (χ1v) is 8.65. The Morgan fingerprint density at radius 3 is 2.48 bits per heavy atom. The summed E-state index contributed by atoms with van der Waals surface area (Å²) in [6.07, 6.45) is 3.55. The third-order valence-corrected chi connectivity index (χ3v) is 4.27. The number of hydrogen-bond donors (Lipinski definition) is 1. The van der Waals surface area contributed by atoms with Gasteiger partial charge < -0.3 is 9.73 Å². The Bertz CT molecular complexity index is 845. The lowest BCUT2D eigenvalue weighted by molar-refractivity contribution is 0.0935. The van der Waals surface area contributed by atoms with Crippen LogP contribution in [0.5, 0.6) is 0 Å². The lowest BCUT2D eigenvalue weighted by atomic mass is 10.1. The van der Waals surface area contributed by atoms with Crippen LogP contribution >= 0.6 is 0 Å². The van der Waals surface area contributed by atoms with Crippen molar-refractivity contribution in [1.82, 2.24) is 15.1 Å². The summed E-state index contributed by atoms with van der Waals surface area (Å²) in [5.74, 6) is 1.26. The van der Waals surface area contributed by atoms with E-state index in [2.05, 4.69) is 24.3 Å². The number of nitrogens with one attached hydrogen (secondary N) is 1. The number of furan rings is 1. The zero-order chi connectivity index (χ0) is 17.8. The van der Waals surface area contributed by atoms with Gasteiger partial charge in [0.05, 0.1) is 11.3 Å². The second kappa shape index (κ2) is 7.38. The fourth-order valence-electron chi connectivity index (χ4n) is 2.75. The van der Waals surface area contributed by atoms with Crippen LogP contribution in [0.2, 0.25) is 0 Å². The van der Waals surface area contributed by atoms with Gasteiger partial charge in [0.25, 0.3) is 5.91 Å². The second-order valence-electron chi connectivity index (χ2n) is 6.07. The average Bonchev–Trinajstić information content (AvgIpc) is 3.26. The summed E-state index contributed by atoms with van der Waals surface area (Å²) < 4.78 is 7.43. The molecule has 5 nitrogen and oxygen atoms in total. The molecule has 3 rings (SSSR count). The Kier molecular flexibility index (Phi) is 5.03. The molecule has 0 saturated carbocycles. The zero-order valence-corrected chi connectivity index (χ0v) is 14.8. The van der Waals surface area contributed by atoms with Gasteiger partial charge in [-0.2, -0.15) is 5.10 Å². The number of nitrogens with zero attached hydrogens (tertiary/aromatic N) is 2. The normalized spacial score (nSPS) is 11.0. The van der Waals surface area contributed by atoms with Crippen LogP contribution < -0.4 is 5.32 Å². The van der Waals surface area contributed by atoms with Crippen LogP contribution in [0.15, 0.2) is 53.1 Å². The fraction of sp³-hybridized carbons (Fsp3) is 0.300. The molecule has 0 aliphatic heterocycles. The summed E-state index contributed by atoms with van der Waals surface area (Å²) in [6, 6.07) is 13.6. The number of para-hydroxylation sites is 1. The van der Waals surface area contributed by atoms with E-state index in [1.807, 2.05) is 49.4 Å². The number of aryl methyl sites for hydroxylation is 1. The Labute approximate surface area is 147 Å². The molecule has 130 valence electrons. The number of rotatable bonds is 6. The second-order valence-corrected chi connectivity index (χ2v) is 6.07. The molecule has 2 aromatic heterocycles.